The van der Waals surface area contributed by atoms with Gasteiger partial charge in [-0.1, -0.05) is 12.2 Å². The lowest BCUT2D eigenvalue weighted by Crippen LogP contribution is -2.60. The molecule has 8 heteroatoms. The minimum atomic E-state index is -1.11. The first-order valence-corrected chi connectivity index (χ1v) is 7.63. The number of ether oxygens (including phenoxy) is 3. The predicted molar refractivity (Wildman–Crippen MR) is 86.0 cm³/mol. The molecule has 0 aromatic heterocycles. The first-order chi connectivity index (χ1) is 10.9. The highest BCUT2D eigenvalue weighted by Gasteiger charge is 2.41. The van der Waals surface area contributed by atoms with E-state index >= 15 is 0 Å². The quantitative estimate of drug-likeness (QED) is 0.413. The topological polar surface area (TPSA) is 85.4 Å². The number of carbonyl (C=O) groups is 3. The molecule has 1 aliphatic rings. The molecule has 0 unspecified atom stereocenters. The normalized spacial score (nSPS) is 18.2. The van der Waals surface area contributed by atoms with Crippen LogP contribution in [0, 0.1) is 0 Å². The molecule has 136 valence electrons. The van der Waals surface area contributed by atoms with Gasteiger partial charge in [-0.15, -0.1) is 0 Å². The zero-order valence-corrected chi connectivity index (χ0v) is 15.3. The summed E-state index contributed by atoms with van der Waals surface area (Å²) in [5.74, 6) is -0.689. The van der Waals surface area contributed by atoms with E-state index in [1.165, 1.54) is 13.2 Å². The minimum absolute atomic E-state index is 0.0711. The second kappa shape index (κ2) is 7.11. The Bertz CT molecular complexity index is 530. The Labute approximate surface area is 142 Å². The first-order valence-electron chi connectivity index (χ1n) is 7.63. The molecule has 0 aliphatic carbocycles. The van der Waals surface area contributed by atoms with E-state index in [0.717, 1.165) is 10.0 Å². The van der Waals surface area contributed by atoms with Crippen LogP contribution >= 0.6 is 0 Å². The van der Waals surface area contributed by atoms with Gasteiger partial charge in [0.1, 0.15) is 11.2 Å². The largest absolute Gasteiger partial charge is 0.467 e. The minimum Gasteiger partial charge on any atom is -0.467 e. The molecule has 0 aromatic rings. The summed E-state index contributed by atoms with van der Waals surface area (Å²) in [5, 5.41) is 1.95. The van der Waals surface area contributed by atoms with Crippen molar-refractivity contribution in [3.8, 4) is 0 Å². The molecule has 24 heavy (non-hydrogen) atoms. The van der Waals surface area contributed by atoms with Crippen molar-refractivity contribution in [3.05, 3.63) is 12.2 Å². The van der Waals surface area contributed by atoms with Gasteiger partial charge in [-0.2, -0.15) is 5.01 Å². The second-order valence-corrected chi connectivity index (χ2v) is 7.28. The number of methoxy groups -OCH3 is 1. The molecule has 1 heterocycles. The third-order valence-corrected chi connectivity index (χ3v) is 2.75. The van der Waals surface area contributed by atoms with E-state index in [0.29, 0.717) is 0 Å². The summed E-state index contributed by atoms with van der Waals surface area (Å²) in [6, 6.07) is -1.11. The highest BCUT2D eigenvalue weighted by molar-refractivity contribution is 5.85. The molecule has 0 N–H and O–H groups in total. The summed E-state index contributed by atoms with van der Waals surface area (Å²) in [7, 11) is 1.20. The Kier molecular flexibility index (Phi) is 5.86. The van der Waals surface area contributed by atoms with Gasteiger partial charge in [0.05, 0.1) is 13.7 Å². The maximum Gasteiger partial charge on any atom is 0.430 e. The SMILES string of the molecule is COC(=O)[C@H]1C=CCN(C(=O)OC(C)(C)C)N1C(=O)OC(C)(C)C. The van der Waals surface area contributed by atoms with Crippen molar-refractivity contribution in [1.29, 1.82) is 0 Å². The molecule has 1 aliphatic heterocycles. The third-order valence-electron chi connectivity index (χ3n) is 2.75. The van der Waals surface area contributed by atoms with E-state index in [2.05, 4.69) is 0 Å². The van der Waals surface area contributed by atoms with Gasteiger partial charge in [0, 0.05) is 0 Å². The average Bonchev–Trinajstić information content (AvgIpc) is 2.41. The van der Waals surface area contributed by atoms with Crippen LogP contribution in [0.25, 0.3) is 0 Å². The molecule has 0 bridgehead atoms. The smallest absolute Gasteiger partial charge is 0.430 e. The van der Waals surface area contributed by atoms with Gasteiger partial charge in [0.25, 0.3) is 0 Å². The van der Waals surface area contributed by atoms with E-state index in [1.807, 2.05) is 0 Å². The van der Waals surface area contributed by atoms with Gasteiger partial charge in [-0.3, -0.25) is 0 Å². The average molecular weight is 342 g/mol. The van der Waals surface area contributed by atoms with Crippen LogP contribution in [0.2, 0.25) is 0 Å². The fourth-order valence-corrected chi connectivity index (χ4v) is 1.91. The van der Waals surface area contributed by atoms with Crippen LogP contribution in [0.5, 0.6) is 0 Å². The second-order valence-electron chi connectivity index (χ2n) is 7.28. The van der Waals surface area contributed by atoms with E-state index in [1.54, 1.807) is 47.6 Å². The molecular formula is C16H26N2O6. The summed E-state index contributed by atoms with van der Waals surface area (Å²) >= 11 is 0. The van der Waals surface area contributed by atoms with Gasteiger partial charge < -0.3 is 14.2 Å². The standard InChI is InChI=1S/C16H26N2O6/c1-15(2,3)23-13(20)17-10-8-9-11(12(19)22-7)18(17)14(21)24-16(4,5)6/h8-9,11H,10H2,1-7H3/t11-/m1/s1. The van der Waals surface area contributed by atoms with Gasteiger partial charge in [0.15, 0.2) is 6.04 Å². The Balaban J connectivity index is 3.15. The van der Waals surface area contributed by atoms with Gasteiger partial charge >= 0.3 is 18.2 Å². The monoisotopic (exact) mass is 342 g/mol. The lowest BCUT2D eigenvalue weighted by Gasteiger charge is -2.40. The molecule has 0 saturated carbocycles. The number of carbonyl (C=O) groups excluding carboxylic acids is 3. The van der Waals surface area contributed by atoms with Crippen molar-refractivity contribution in [2.45, 2.75) is 58.8 Å². The van der Waals surface area contributed by atoms with Crippen LogP contribution in [0.3, 0.4) is 0 Å². The highest BCUT2D eigenvalue weighted by atomic mass is 16.6. The summed E-state index contributed by atoms with van der Waals surface area (Å²) in [5.41, 5.74) is -1.54. The molecule has 1 atom stereocenters. The number of rotatable bonds is 1. The lowest BCUT2D eigenvalue weighted by atomic mass is 10.2. The van der Waals surface area contributed by atoms with E-state index in [9.17, 15) is 14.4 Å². The molecule has 8 nitrogen and oxygen atoms in total. The van der Waals surface area contributed by atoms with Gasteiger partial charge in [-0.05, 0) is 41.5 Å². The van der Waals surface area contributed by atoms with Crippen molar-refractivity contribution in [3.63, 3.8) is 0 Å². The van der Waals surface area contributed by atoms with Gasteiger partial charge in [0.2, 0.25) is 0 Å². The number of esters is 1. The Morgan fingerprint density at radius 1 is 0.958 bits per heavy atom. The molecule has 0 saturated heterocycles. The van der Waals surface area contributed by atoms with E-state index in [-0.39, 0.29) is 6.54 Å². The summed E-state index contributed by atoms with van der Waals surface area (Å²) in [6.45, 7) is 10.3. The van der Waals surface area contributed by atoms with E-state index in [4.69, 9.17) is 14.2 Å². The van der Waals surface area contributed by atoms with Gasteiger partial charge in [-0.25, -0.2) is 19.4 Å². The Hall–Kier alpha value is -2.25. The zero-order valence-electron chi connectivity index (χ0n) is 15.3. The number of nitrogens with zero attached hydrogens (tertiary/aromatic N) is 2. The predicted octanol–water partition coefficient (Wildman–Crippen LogP) is 2.49. The molecule has 0 fully saturated rings. The number of hydrogen-bond acceptors (Lipinski definition) is 6. The number of amides is 2. The molecule has 0 spiro atoms. The molecule has 1 rings (SSSR count). The van der Waals surface area contributed by atoms with Crippen molar-refractivity contribution >= 4 is 18.2 Å². The van der Waals surface area contributed by atoms with Crippen LogP contribution < -0.4 is 0 Å². The van der Waals surface area contributed by atoms with Crippen LogP contribution in [0.4, 0.5) is 9.59 Å². The van der Waals surface area contributed by atoms with Crippen LogP contribution in [-0.2, 0) is 19.0 Å². The van der Waals surface area contributed by atoms with Crippen molar-refractivity contribution < 1.29 is 28.6 Å². The zero-order chi connectivity index (χ0) is 18.7. The maximum atomic E-state index is 12.5. The molecule has 0 radical (unpaired) electrons. The first kappa shape index (κ1) is 19.8. The molecule has 0 aromatic carbocycles. The molecular weight excluding hydrogens is 316 g/mol. The number of hydrazine groups is 1. The number of hydrogen-bond donors (Lipinski definition) is 0. The Morgan fingerprint density at radius 3 is 1.92 bits per heavy atom. The van der Waals surface area contributed by atoms with Crippen LogP contribution in [-0.4, -0.2) is 59.1 Å². The maximum absolute atomic E-state index is 12.5. The lowest BCUT2D eigenvalue weighted by molar-refractivity contribution is -0.151. The van der Waals surface area contributed by atoms with Crippen molar-refractivity contribution in [2.24, 2.45) is 0 Å². The fourth-order valence-electron chi connectivity index (χ4n) is 1.91. The third kappa shape index (κ3) is 5.43. The highest BCUT2D eigenvalue weighted by Crippen LogP contribution is 2.21. The van der Waals surface area contributed by atoms with Crippen LogP contribution in [0.1, 0.15) is 41.5 Å². The van der Waals surface area contributed by atoms with Crippen LogP contribution in [0.15, 0.2) is 12.2 Å². The van der Waals surface area contributed by atoms with E-state index < -0.39 is 35.4 Å². The molecule has 2 amide bonds. The summed E-state index contributed by atoms with van der Waals surface area (Å²) in [6.07, 6.45) is 1.47. The fraction of sp³-hybridized carbons (Fsp3) is 0.688. The summed E-state index contributed by atoms with van der Waals surface area (Å²) in [4.78, 5) is 37.0. The Morgan fingerprint density at radius 2 is 1.46 bits per heavy atom. The summed E-state index contributed by atoms with van der Waals surface area (Å²) < 4.78 is 15.3. The van der Waals surface area contributed by atoms with Crippen molar-refractivity contribution in [2.75, 3.05) is 13.7 Å². The van der Waals surface area contributed by atoms with Crippen molar-refractivity contribution in [1.82, 2.24) is 10.0 Å².